The quantitative estimate of drug-likeness (QED) is 0.627. The maximum absolute atomic E-state index is 5.98. The van der Waals surface area contributed by atoms with Crippen LogP contribution < -0.4 is 20.5 Å². The van der Waals surface area contributed by atoms with Crippen molar-refractivity contribution in [1.29, 1.82) is 0 Å². The summed E-state index contributed by atoms with van der Waals surface area (Å²) in [6.07, 6.45) is 0. The van der Waals surface area contributed by atoms with Gasteiger partial charge in [0.2, 0.25) is 0 Å². The second-order valence-electron chi connectivity index (χ2n) is 4.51. The molecule has 2 aromatic carbocycles. The van der Waals surface area contributed by atoms with E-state index in [2.05, 4.69) is 5.32 Å². The monoisotopic (exact) mass is 272 g/mol. The van der Waals surface area contributed by atoms with Crippen LogP contribution in [0.1, 0.15) is 5.56 Å². The Bertz CT molecular complexity index is 570. The molecule has 4 nitrogen and oxygen atoms in total. The van der Waals surface area contributed by atoms with E-state index in [-0.39, 0.29) is 0 Å². The Morgan fingerprint density at radius 1 is 1.15 bits per heavy atom. The van der Waals surface area contributed by atoms with Gasteiger partial charge in [-0.2, -0.15) is 0 Å². The molecule has 0 spiro atoms. The van der Waals surface area contributed by atoms with Gasteiger partial charge in [-0.3, -0.25) is 0 Å². The fraction of sp³-hybridized carbons (Fsp3) is 0.250. The molecule has 3 N–H and O–H groups in total. The zero-order valence-corrected chi connectivity index (χ0v) is 11.8. The Morgan fingerprint density at radius 2 is 1.95 bits per heavy atom. The summed E-state index contributed by atoms with van der Waals surface area (Å²) >= 11 is 0. The fourth-order valence-corrected chi connectivity index (χ4v) is 1.94. The second kappa shape index (κ2) is 6.70. The molecule has 20 heavy (non-hydrogen) atoms. The number of nitrogens with one attached hydrogen (secondary N) is 1. The predicted octanol–water partition coefficient (Wildman–Crippen LogP) is 3.08. The molecule has 0 atom stereocenters. The lowest BCUT2D eigenvalue weighted by atomic mass is 10.2. The average molecular weight is 272 g/mol. The molecule has 0 aliphatic carbocycles. The van der Waals surface area contributed by atoms with Gasteiger partial charge in [-0.25, -0.2) is 0 Å². The van der Waals surface area contributed by atoms with E-state index in [9.17, 15) is 0 Å². The third-order valence-electron chi connectivity index (χ3n) is 2.96. The summed E-state index contributed by atoms with van der Waals surface area (Å²) in [6.45, 7) is 3.29. The summed E-state index contributed by atoms with van der Waals surface area (Å²) in [5.41, 5.74) is 8.64. The summed E-state index contributed by atoms with van der Waals surface area (Å²) in [5, 5.41) is 3.24. The smallest absolute Gasteiger partial charge is 0.143 e. The van der Waals surface area contributed by atoms with E-state index in [0.717, 1.165) is 11.4 Å². The van der Waals surface area contributed by atoms with E-state index >= 15 is 0 Å². The second-order valence-corrected chi connectivity index (χ2v) is 4.51. The lowest BCUT2D eigenvalue weighted by molar-refractivity contribution is 0.332. The topological polar surface area (TPSA) is 56.5 Å². The molecular weight excluding hydrogens is 252 g/mol. The number of hydrogen-bond acceptors (Lipinski definition) is 4. The number of nitrogens with two attached hydrogens (primary N) is 1. The number of nitrogen functional groups attached to an aromatic ring is 1. The number of anilines is 2. The van der Waals surface area contributed by atoms with Gasteiger partial charge < -0.3 is 20.5 Å². The Labute approximate surface area is 119 Å². The van der Waals surface area contributed by atoms with Gasteiger partial charge in [-0.15, -0.1) is 0 Å². The minimum atomic E-state index is 0.570. The molecule has 2 rings (SSSR count). The zero-order chi connectivity index (χ0) is 14.4. The normalized spacial score (nSPS) is 10.1. The summed E-state index contributed by atoms with van der Waals surface area (Å²) in [5.74, 6) is 1.56. The summed E-state index contributed by atoms with van der Waals surface area (Å²) in [7, 11) is 1.61. The van der Waals surface area contributed by atoms with E-state index in [1.807, 2.05) is 49.4 Å². The van der Waals surface area contributed by atoms with Gasteiger partial charge in [0.25, 0.3) is 0 Å². The van der Waals surface area contributed by atoms with Gasteiger partial charge in [-0.1, -0.05) is 18.2 Å². The van der Waals surface area contributed by atoms with Crippen LogP contribution in [0.4, 0.5) is 11.4 Å². The number of hydrogen-bond donors (Lipinski definition) is 2. The molecule has 0 heterocycles. The predicted molar refractivity (Wildman–Crippen MR) is 82.6 cm³/mol. The molecular formula is C16H20N2O2. The molecule has 0 aromatic heterocycles. The molecule has 0 amide bonds. The maximum atomic E-state index is 5.98. The summed E-state index contributed by atoms with van der Waals surface area (Å²) < 4.78 is 10.8. The van der Waals surface area contributed by atoms with Crippen LogP contribution in [0.15, 0.2) is 42.5 Å². The van der Waals surface area contributed by atoms with Crippen molar-refractivity contribution in [2.24, 2.45) is 0 Å². The first-order valence-electron chi connectivity index (χ1n) is 6.56. The van der Waals surface area contributed by atoms with Crippen molar-refractivity contribution in [2.75, 3.05) is 31.3 Å². The van der Waals surface area contributed by atoms with Crippen LogP contribution in [-0.4, -0.2) is 20.3 Å². The van der Waals surface area contributed by atoms with Crippen LogP contribution in [0.2, 0.25) is 0 Å². The molecule has 0 saturated carbocycles. The zero-order valence-electron chi connectivity index (χ0n) is 11.8. The van der Waals surface area contributed by atoms with E-state index in [4.69, 9.17) is 15.2 Å². The first-order chi connectivity index (χ1) is 9.70. The van der Waals surface area contributed by atoms with Crippen molar-refractivity contribution in [3.8, 4) is 11.5 Å². The number of rotatable bonds is 6. The fourth-order valence-electron chi connectivity index (χ4n) is 1.94. The van der Waals surface area contributed by atoms with Crippen LogP contribution in [0, 0.1) is 6.92 Å². The first-order valence-corrected chi connectivity index (χ1v) is 6.56. The number of ether oxygens (including phenoxy) is 2. The van der Waals surface area contributed by atoms with Gasteiger partial charge in [0.15, 0.2) is 0 Å². The molecule has 106 valence electrons. The SMILES string of the molecule is COc1cccc(NCCOc2cccc(C)c2)c1N. The van der Waals surface area contributed by atoms with Crippen molar-refractivity contribution in [2.45, 2.75) is 6.92 Å². The maximum Gasteiger partial charge on any atom is 0.143 e. The van der Waals surface area contributed by atoms with Crippen molar-refractivity contribution in [1.82, 2.24) is 0 Å². The molecule has 0 radical (unpaired) electrons. The first kappa shape index (κ1) is 14.1. The standard InChI is InChI=1S/C16H20N2O2/c1-12-5-3-6-13(11-12)20-10-9-18-14-7-4-8-15(19-2)16(14)17/h3-8,11,18H,9-10,17H2,1-2H3. The van der Waals surface area contributed by atoms with E-state index in [0.29, 0.717) is 24.6 Å². The summed E-state index contributed by atoms with van der Waals surface area (Å²) in [6, 6.07) is 13.7. The van der Waals surface area contributed by atoms with Crippen LogP contribution >= 0.6 is 0 Å². The van der Waals surface area contributed by atoms with Gasteiger partial charge in [0.05, 0.1) is 18.5 Å². The lowest BCUT2D eigenvalue weighted by Gasteiger charge is -2.12. The Balaban J connectivity index is 1.84. The van der Waals surface area contributed by atoms with Gasteiger partial charge >= 0.3 is 0 Å². The highest BCUT2D eigenvalue weighted by Crippen LogP contribution is 2.28. The molecule has 2 aromatic rings. The highest BCUT2D eigenvalue weighted by molar-refractivity contribution is 5.72. The van der Waals surface area contributed by atoms with Crippen LogP contribution in [0.5, 0.6) is 11.5 Å². The molecule has 0 aliphatic heterocycles. The molecule has 0 saturated heterocycles. The van der Waals surface area contributed by atoms with Crippen molar-refractivity contribution in [3.63, 3.8) is 0 Å². The Hall–Kier alpha value is -2.36. The highest BCUT2D eigenvalue weighted by Gasteiger charge is 2.04. The average Bonchev–Trinajstić information content (AvgIpc) is 2.45. The largest absolute Gasteiger partial charge is 0.495 e. The van der Waals surface area contributed by atoms with Crippen LogP contribution in [0.25, 0.3) is 0 Å². The molecule has 4 heteroatoms. The number of methoxy groups -OCH3 is 1. The van der Waals surface area contributed by atoms with Gasteiger partial charge in [0.1, 0.15) is 18.1 Å². The van der Waals surface area contributed by atoms with Gasteiger partial charge in [0, 0.05) is 6.54 Å². The van der Waals surface area contributed by atoms with Crippen LogP contribution in [-0.2, 0) is 0 Å². The minimum absolute atomic E-state index is 0.570. The van der Waals surface area contributed by atoms with E-state index < -0.39 is 0 Å². The lowest BCUT2D eigenvalue weighted by Crippen LogP contribution is -2.12. The highest BCUT2D eigenvalue weighted by atomic mass is 16.5. The van der Waals surface area contributed by atoms with Gasteiger partial charge in [-0.05, 0) is 36.8 Å². The minimum Gasteiger partial charge on any atom is -0.495 e. The molecule has 0 bridgehead atoms. The third kappa shape index (κ3) is 3.57. The summed E-state index contributed by atoms with van der Waals surface area (Å²) in [4.78, 5) is 0. The molecule has 0 fully saturated rings. The number of aryl methyl sites for hydroxylation is 1. The van der Waals surface area contributed by atoms with Crippen molar-refractivity contribution < 1.29 is 9.47 Å². The molecule has 0 unspecified atom stereocenters. The van der Waals surface area contributed by atoms with E-state index in [1.165, 1.54) is 5.56 Å². The van der Waals surface area contributed by atoms with Crippen molar-refractivity contribution >= 4 is 11.4 Å². The van der Waals surface area contributed by atoms with Crippen molar-refractivity contribution in [3.05, 3.63) is 48.0 Å². The third-order valence-corrected chi connectivity index (χ3v) is 2.96. The Morgan fingerprint density at radius 3 is 2.70 bits per heavy atom. The van der Waals surface area contributed by atoms with E-state index in [1.54, 1.807) is 7.11 Å². The Kier molecular flexibility index (Phi) is 4.71. The molecule has 0 aliphatic rings. The number of benzene rings is 2. The van der Waals surface area contributed by atoms with Crippen LogP contribution in [0.3, 0.4) is 0 Å². The number of para-hydroxylation sites is 1.